The summed E-state index contributed by atoms with van der Waals surface area (Å²) in [5.41, 5.74) is 5.11. The molecular weight excluding hydrogens is 406 g/mol. The highest BCUT2D eigenvalue weighted by Gasteiger charge is 2.22. The van der Waals surface area contributed by atoms with E-state index < -0.39 is 0 Å². The predicted molar refractivity (Wildman–Crippen MR) is 125 cm³/mol. The van der Waals surface area contributed by atoms with Gasteiger partial charge >= 0.3 is 0 Å². The first-order chi connectivity index (χ1) is 15.3. The Hall–Kier alpha value is -3.36. The van der Waals surface area contributed by atoms with E-state index in [0.29, 0.717) is 25.2 Å². The van der Waals surface area contributed by atoms with Gasteiger partial charge in [0.05, 0.1) is 12.2 Å². The van der Waals surface area contributed by atoms with Crippen LogP contribution in [0.4, 0.5) is 0 Å². The average Bonchev–Trinajstić information content (AvgIpc) is 3.02. The van der Waals surface area contributed by atoms with Gasteiger partial charge in [-0.15, -0.1) is 0 Å². The van der Waals surface area contributed by atoms with E-state index in [4.69, 9.17) is 0 Å². The molecule has 1 aromatic heterocycles. The van der Waals surface area contributed by atoms with Crippen molar-refractivity contribution in [2.45, 2.75) is 39.8 Å². The highest BCUT2D eigenvalue weighted by molar-refractivity contribution is 5.97. The van der Waals surface area contributed by atoms with Gasteiger partial charge in [-0.05, 0) is 50.5 Å². The third-order valence-electron chi connectivity index (χ3n) is 5.76. The predicted octanol–water partition coefficient (Wildman–Crippen LogP) is 0.905. The lowest BCUT2D eigenvalue weighted by Gasteiger charge is -2.26. The Balaban J connectivity index is 1.52. The molecule has 3 N–H and O–H groups in total. The quantitative estimate of drug-likeness (QED) is 0.458. The molecule has 0 spiro atoms. The van der Waals surface area contributed by atoms with Gasteiger partial charge in [-0.25, -0.2) is 0 Å². The van der Waals surface area contributed by atoms with E-state index in [1.807, 2.05) is 30.8 Å². The van der Waals surface area contributed by atoms with E-state index in [1.54, 1.807) is 24.1 Å². The Morgan fingerprint density at radius 3 is 2.59 bits per heavy atom. The molecule has 2 amide bonds. The molecule has 1 saturated heterocycles. The highest BCUT2D eigenvalue weighted by Crippen LogP contribution is 2.14. The molecule has 3 rings (SSSR count). The Morgan fingerprint density at radius 1 is 1.28 bits per heavy atom. The van der Waals surface area contributed by atoms with Crippen molar-refractivity contribution in [1.82, 2.24) is 30.6 Å². The summed E-state index contributed by atoms with van der Waals surface area (Å²) >= 11 is 0. The van der Waals surface area contributed by atoms with Crippen LogP contribution in [0.5, 0.6) is 0 Å². The summed E-state index contributed by atoms with van der Waals surface area (Å²) in [6.07, 6.45) is 0.859. The normalized spacial score (nSPS) is 15.3. The van der Waals surface area contributed by atoms with E-state index in [-0.39, 0.29) is 24.4 Å². The van der Waals surface area contributed by atoms with Crippen molar-refractivity contribution in [3.8, 4) is 0 Å². The lowest BCUT2D eigenvalue weighted by molar-refractivity contribution is -0.123. The minimum atomic E-state index is -0.119. The van der Waals surface area contributed by atoms with Crippen molar-refractivity contribution in [1.29, 1.82) is 0 Å². The number of hydrogen-bond donors (Lipinski definition) is 3. The molecule has 172 valence electrons. The maximum atomic E-state index is 12.6. The molecule has 2 heterocycles. The first-order valence-electron chi connectivity index (χ1n) is 10.9. The Morgan fingerprint density at radius 2 is 2.00 bits per heavy atom. The van der Waals surface area contributed by atoms with Crippen molar-refractivity contribution >= 4 is 17.8 Å². The van der Waals surface area contributed by atoms with Gasteiger partial charge in [-0.1, -0.05) is 12.1 Å². The summed E-state index contributed by atoms with van der Waals surface area (Å²) < 4.78 is 1.92. The van der Waals surface area contributed by atoms with Gasteiger partial charge in [0, 0.05) is 51.0 Å². The number of aryl methyl sites for hydroxylation is 2. The first-order valence-corrected chi connectivity index (χ1v) is 10.9. The van der Waals surface area contributed by atoms with Crippen LogP contribution in [0.2, 0.25) is 0 Å². The molecule has 0 saturated carbocycles. The van der Waals surface area contributed by atoms with Crippen LogP contribution < -0.4 is 16.0 Å². The van der Waals surface area contributed by atoms with Crippen LogP contribution in [0.1, 0.15) is 39.8 Å². The van der Waals surface area contributed by atoms with Crippen LogP contribution >= 0.6 is 0 Å². The van der Waals surface area contributed by atoms with Gasteiger partial charge in [0.25, 0.3) is 5.91 Å². The molecule has 1 aromatic carbocycles. The molecule has 1 fully saturated rings. The van der Waals surface area contributed by atoms with Gasteiger partial charge in [0.15, 0.2) is 5.96 Å². The van der Waals surface area contributed by atoms with Gasteiger partial charge in [0.1, 0.15) is 0 Å². The molecule has 9 heteroatoms. The summed E-state index contributed by atoms with van der Waals surface area (Å²) in [7, 11) is 3.71. The van der Waals surface area contributed by atoms with Crippen molar-refractivity contribution in [3.63, 3.8) is 0 Å². The summed E-state index contributed by atoms with van der Waals surface area (Å²) in [5.74, 6) is 0.482. The van der Waals surface area contributed by atoms with Crippen LogP contribution in [-0.2, 0) is 24.8 Å². The number of benzene rings is 1. The summed E-state index contributed by atoms with van der Waals surface area (Å²) in [5, 5.41) is 14.0. The number of rotatable bonds is 6. The number of aliphatic imine (C=N–C) groups is 1. The topological polar surface area (TPSA) is 104 Å². The lowest BCUT2D eigenvalue weighted by Crippen LogP contribution is -2.49. The van der Waals surface area contributed by atoms with Gasteiger partial charge < -0.3 is 20.9 Å². The Bertz CT molecular complexity index is 995. The molecule has 1 aliphatic rings. The fourth-order valence-corrected chi connectivity index (χ4v) is 3.84. The van der Waals surface area contributed by atoms with Crippen molar-refractivity contribution in [3.05, 3.63) is 52.3 Å². The molecule has 1 unspecified atom stereocenters. The van der Waals surface area contributed by atoms with Crippen molar-refractivity contribution < 1.29 is 9.59 Å². The molecule has 2 aromatic rings. The van der Waals surface area contributed by atoms with Gasteiger partial charge in [-0.2, -0.15) is 5.10 Å². The number of aromatic nitrogens is 2. The molecular formula is C23H33N7O2. The van der Waals surface area contributed by atoms with Crippen LogP contribution in [0.15, 0.2) is 29.3 Å². The first kappa shape index (κ1) is 23.3. The average molecular weight is 440 g/mol. The number of hydrogen-bond acceptors (Lipinski definition) is 4. The van der Waals surface area contributed by atoms with Gasteiger partial charge in [-0.3, -0.25) is 19.3 Å². The molecule has 1 atom stereocenters. The van der Waals surface area contributed by atoms with E-state index in [1.165, 1.54) is 11.3 Å². The summed E-state index contributed by atoms with van der Waals surface area (Å²) in [6, 6.07) is 7.63. The molecule has 0 bridgehead atoms. The maximum Gasteiger partial charge on any atom is 0.254 e. The van der Waals surface area contributed by atoms with E-state index in [0.717, 1.165) is 23.6 Å². The van der Waals surface area contributed by atoms with Crippen molar-refractivity contribution in [2.24, 2.45) is 12.0 Å². The molecule has 32 heavy (non-hydrogen) atoms. The summed E-state index contributed by atoms with van der Waals surface area (Å²) in [4.78, 5) is 30.0. The van der Waals surface area contributed by atoms with Crippen LogP contribution in [0.3, 0.4) is 0 Å². The lowest BCUT2D eigenvalue weighted by atomic mass is 10.1. The summed E-state index contributed by atoms with van der Waals surface area (Å²) in [6.45, 7) is 7.97. The number of carbonyl (C=O) groups excluding carboxylic acids is 2. The smallest absolute Gasteiger partial charge is 0.254 e. The second-order valence-corrected chi connectivity index (χ2v) is 8.22. The molecule has 9 nitrogen and oxygen atoms in total. The van der Waals surface area contributed by atoms with Crippen LogP contribution in [-0.4, -0.2) is 65.2 Å². The maximum absolute atomic E-state index is 12.6. The monoisotopic (exact) mass is 439 g/mol. The fraction of sp³-hybridized carbons (Fsp3) is 0.478. The largest absolute Gasteiger partial charge is 0.354 e. The van der Waals surface area contributed by atoms with Crippen LogP contribution in [0, 0.1) is 13.8 Å². The number of carbonyl (C=O) groups is 2. The Labute approximate surface area is 189 Å². The minimum absolute atomic E-state index is 0.112. The van der Waals surface area contributed by atoms with E-state index in [9.17, 15) is 9.59 Å². The Kier molecular flexibility index (Phi) is 7.50. The number of guanidine groups is 1. The SMILES string of the molecule is CN=C(NCc1ccc(C(=O)N2CCNC(=O)C2)cc1)NC(C)Cc1c(C)nn(C)c1C. The standard InChI is InChI=1S/C23H33N7O2/c1-15(12-20-16(2)28-29(5)17(20)3)27-23(24-4)26-13-18-6-8-19(9-7-18)22(32)30-11-10-25-21(31)14-30/h6-9,15H,10-14H2,1-5H3,(H,25,31)(H2,24,26,27). The number of nitrogens with zero attached hydrogens (tertiary/aromatic N) is 4. The minimum Gasteiger partial charge on any atom is -0.354 e. The highest BCUT2D eigenvalue weighted by atomic mass is 16.2. The van der Waals surface area contributed by atoms with E-state index >= 15 is 0 Å². The zero-order chi connectivity index (χ0) is 23.3. The molecule has 0 radical (unpaired) electrons. The zero-order valence-corrected chi connectivity index (χ0v) is 19.5. The molecule has 1 aliphatic heterocycles. The van der Waals surface area contributed by atoms with Crippen LogP contribution in [0.25, 0.3) is 0 Å². The molecule has 0 aliphatic carbocycles. The number of amides is 2. The van der Waals surface area contributed by atoms with Crippen molar-refractivity contribution in [2.75, 3.05) is 26.7 Å². The second-order valence-electron chi connectivity index (χ2n) is 8.22. The number of nitrogens with one attached hydrogen (secondary N) is 3. The third kappa shape index (κ3) is 5.66. The second kappa shape index (κ2) is 10.3. The van der Waals surface area contributed by atoms with Gasteiger partial charge in [0.2, 0.25) is 5.91 Å². The zero-order valence-electron chi connectivity index (χ0n) is 19.5. The van der Waals surface area contributed by atoms with E-state index in [2.05, 4.69) is 39.9 Å². The third-order valence-corrected chi connectivity index (χ3v) is 5.76. The fourth-order valence-electron chi connectivity index (χ4n) is 3.84. The number of piperazine rings is 1.